The third kappa shape index (κ3) is 3.36. The van der Waals surface area contributed by atoms with Crippen LogP contribution in [-0.4, -0.2) is 33.7 Å². The van der Waals surface area contributed by atoms with Crippen LogP contribution < -0.4 is 15.6 Å². The number of fused-ring (bicyclic) bond motifs is 1. The molecule has 140 valence electrons. The highest BCUT2D eigenvalue weighted by Crippen LogP contribution is 2.27. The number of benzene rings is 1. The first-order valence-electron chi connectivity index (χ1n) is 8.65. The van der Waals surface area contributed by atoms with Crippen LogP contribution in [0.2, 0.25) is 0 Å². The first kappa shape index (κ1) is 18.4. The Morgan fingerprint density at radius 1 is 1.30 bits per heavy atom. The van der Waals surface area contributed by atoms with Gasteiger partial charge in [0.15, 0.2) is 5.65 Å². The zero-order valence-electron chi connectivity index (χ0n) is 15.4. The van der Waals surface area contributed by atoms with E-state index >= 15 is 0 Å². The predicted molar refractivity (Wildman–Crippen MR) is 103 cm³/mol. The lowest BCUT2D eigenvalue weighted by atomic mass is 10.1. The van der Waals surface area contributed by atoms with Crippen LogP contribution in [0.4, 0.5) is 0 Å². The van der Waals surface area contributed by atoms with Crippen molar-refractivity contribution in [1.82, 2.24) is 14.9 Å². The van der Waals surface area contributed by atoms with E-state index in [1.165, 1.54) is 10.8 Å². The summed E-state index contributed by atoms with van der Waals surface area (Å²) in [7, 11) is 1.55. The summed E-state index contributed by atoms with van der Waals surface area (Å²) in [6, 6.07) is 9.95. The van der Waals surface area contributed by atoms with Gasteiger partial charge in [-0.05, 0) is 49.7 Å². The number of nitrogens with zero attached hydrogens (tertiary/aromatic N) is 2. The Morgan fingerprint density at radius 2 is 2.00 bits per heavy atom. The van der Waals surface area contributed by atoms with E-state index in [1.54, 1.807) is 43.5 Å². The maximum atomic E-state index is 13.1. The van der Waals surface area contributed by atoms with Gasteiger partial charge in [-0.1, -0.05) is 6.92 Å². The highest BCUT2D eigenvalue weighted by atomic mass is 16.5. The Balaban J connectivity index is 2.29. The molecule has 3 rings (SSSR count). The van der Waals surface area contributed by atoms with Gasteiger partial charge >= 0.3 is 0 Å². The van der Waals surface area contributed by atoms with E-state index in [-0.39, 0.29) is 23.0 Å². The van der Waals surface area contributed by atoms with Gasteiger partial charge in [0.05, 0.1) is 18.2 Å². The van der Waals surface area contributed by atoms with Crippen molar-refractivity contribution in [1.29, 1.82) is 0 Å². The molecule has 1 unspecified atom stereocenters. The van der Waals surface area contributed by atoms with Crippen molar-refractivity contribution in [2.45, 2.75) is 26.3 Å². The van der Waals surface area contributed by atoms with Crippen molar-refractivity contribution >= 4 is 16.9 Å². The summed E-state index contributed by atoms with van der Waals surface area (Å²) in [5, 5.41) is 13.7. The SMILES string of the molecule is CCC(C)NC(=O)c1c(O)c2cccnc2n(-c2ccc(OC)cc2)c1=O. The molecule has 1 aromatic carbocycles. The molecule has 0 saturated carbocycles. The number of nitrogens with one attached hydrogen (secondary N) is 1. The lowest BCUT2D eigenvalue weighted by Gasteiger charge is -2.16. The van der Waals surface area contributed by atoms with E-state index in [4.69, 9.17) is 4.74 Å². The Hall–Kier alpha value is -3.35. The van der Waals surface area contributed by atoms with Crippen LogP contribution in [0.5, 0.6) is 11.5 Å². The molecule has 0 bridgehead atoms. The molecule has 1 amide bonds. The van der Waals surface area contributed by atoms with Gasteiger partial charge in [-0.3, -0.25) is 14.2 Å². The molecule has 0 fully saturated rings. The van der Waals surface area contributed by atoms with Crippen LogP contribution in [0.25, 0.3) is 16.7 Å². The summed E-state index contributed by atoms with van der Waals surface area (Å²) in [5.74, 6) is -0.342. The molecule has 27 heavy (non-hydrogen) atoms. The van der Waals surface area contributed by atoms with Gasteiger partial charge in [0.25, 0.3) is 11.5 Å². The van der Waals surface area contributed by atoms with Crippen LogP contribution in [0, 0.1) is 0 Å². The van der Waals surface area contributed by atoms with Crippen molar-refractivity contribution < 1.29 is 14.6 Å². The normalized spacial score (nSPS) is 12.0. The summed E-state index contributed by atoms with van der Waals surface area (Å²) in [4.78, 5) is 30.0. The molecular formula is C20H21N3O4. The number of aromatic nitrogens is 2. The number of hydrogen-bond acceptors (Lipinski definition) is 5. The average molecular weight is 367 g/mol. The van der Waals surface area contributed by atoms with Crippen LogP contribution in [0.3, 0.4) is 0 Å². The molecule has 7 nitrogen and oxygen atoms in total. The molecule has 7 heteroatoms. The Morgan fingerprint density at radius 3 is 2.63 bits per heavy atom. The van der Waals surface area contributed by atoms with Gasteiger partial charge in [0.2, 0.25) is 0 Å². The molecule has 2 N–H and O–H groups in total. The highest BCUT2D eigenvalue weighted by molar-refractivity contribution is 6.02. The van der Waals surface area contributed by atoms with Gasteiger partial charge < -0.3 is 15.2 Å². The molecule has 0 aliphatic carbocycles. The van der Waals surface area contributed by atoms with Gasteiger partial charge in [0.1, 0.15) is 17.1 Å². The lowest BCUT2D eigenvalue weighted by molar-refractivity contribution is 0.0935. The lowest BCUT2D eigenvalue weighted by Crippen LogP contribution is -2.37. The number of carbonyl (C=O) groups is 1. The number of amides is 1. The minimum absolute atomic E-state index is 0.129. The molecule has 3 aromatic rings. The molecule has 0 aliphatic heterocycles. The highest BCUT2D eigenvalue weighted by Gasteiger charge is 2.24. The zero-order chi connectivity index (χ0) is 19.6. The Labute approximate surface area is 156 Å². The largest absolute Gasteiger partial charge is 0.506 e. The molecule has 1 atom stereocenters. The molecule has 0 saturated heterocycles. The minimum Gasteiger partial charge on any atom is -0.506 e. The fourth-order valence-electron chi connectivity index (χ4n) is 2.78. The number of rotatable bonds is 5. The van der Waals surface area contributed by atoms with Crippen LogP contribution in [0.1, 0.15) is 30.6 Å². The number of ether oxygens (including phenoxy) is 1. The van der Waals surface area contributed by atoms with Crippen LogP contribution in [0.15, 0.2) is 47.4 Å². The number of methoxy groups -OCH3 is 1. The van der Waals surface area contributed by atoms with E-state index in [0.717, 1.165) is 0 Å². The standard InChI is InChI=1S/C20H21N3O4/c1-4-12(2)22-19(25)16-17(24)15-6-5-11-21-18(15)23(20(16)26)13-7-9-14(27-3)10-8-13/h5-12,24H,4H2,1-3H3,(H,22,25). The first-order valence-corrected chi connectivity index (χ1v) is 8.65. The third-order valence-electron chi connectivity index (χ3n) is 4.45. The second kappa shape index (κ2) is 7.49. The van der Waals surface area contributed by atoms with E-state index < -0.39 is 11.5 Å². The molecule has 2 aromatic heterocycles. The Bertz CT molecular complexity index is 1040. The maximum Gasteiger partial charge on any atom is 0.273 e. The maximum absolute atomic E-state index is 13.1. The second-order valence-corrected chi connectivity index (χ2v) is 6.22. The van der Waals surface area contributed by atoms with E-state index in [2.05, 4.69) is 10.3 Å². The summed E-state index contributed by atoms with van der Waals surface area (Å²) in [5.41, 5.74) is -0.149. The monoisotopic (exact) mass is 367 g/mol. The Kier molecular flexibility index (Phi) is 5.12. The van der Waals surface area contributed by atoms with Gasteiger partial charge in [-0.2, -0.15) is 0 Å². The molecule has 0 radical (unpaired) electrons. The summed E-state index contributed by atoms with van der Waals surface area (Å²) in [6.45, 7) is 3.75. The number of aromatic hydroxyl groups is 1. The topological polar surface area (TPSA) is 93.5 Å². The number of pyridine rings is 2. The van der Waals surface area contributed by atoms with Crippen molar-refractivity contribution in [3.8, 4) is 17.2 Å². The minimum atomic E-state index is -0.635. The molecule has 0 spiro atoms. The predicted octanol–water partition coefficient (Wildman–Crippen LogP) is 2.63. The fourth-order valence-corrected chi connectivity index (χ4v) is 2.78. The van der Waals surface area contributed by atoms with E-state index in [1.807, 2.05) is 13.8 Å². The number of hydrogen-bond donors (Lipinski definition) is 2. The van der Waals surface area contributed by atoms with Crippen molar-refractivity contribution in [3.05, 3.63) is 58.5 Å². The molecular weight excluding hydrogens is 346 g/mol. The first-order chi connectivity index (χ1) is 13.0. The van der Waals surface area contributed by atoms with E-state index in [9.17, 15) is 14.7 Å². The number of carbonyl (C=O) groups excluding carboxylic acids is 1. The summed E-state index contributed by atoms with van der Waals surface area (Å²) >= 11 is 0. The average Bonchev–Trinajstić information content (AvgIpc) is 2.68. The molecule has 0 aliphatic rings. The van der Waals surface area contributed by atoms with Gasteiger partial charge in [0, 0.05) is 12.2 Å². The zero-order valence-corrected chi connectivity index (χ0v) is 15.4. The summed E-state index contributed by atoms with van der Waals surface area (Å²) in [6.07, 6.45) is 2.23. The summed E-state index contributed by atoms with van der Waals surface area (Å²) < 4.78 is 6.47. The van der Waals surface area contributed by atoms with E-state index in [0.29, 0.717) is 23.2 Å². The quantitative estimate of drug-likeness (QED) is 0.723. The third-order valence-corrected chi connectivity index (χ3v) is 4.45. The van der Waals surface area contributed by atoms with Crippen molar-refractivity contribution in [3.63, 3.8) is 0 Å². The smallest absolute Gasteiger partial charge is 0.273 e. The molecule has 2 heterocycles. The van der Waals surface area contributed by atoms with Gasteiger partial charge in [-0.25, -0.2) is 4.98 Å². The van der Waals surface area contributed by atoms with Crippen molar-refractivity contribution in [2.24, 2.45) is 0 Å². The van der Waals surface area contributed by atoms with Crippen LogP contribution >= 0.6 is 0 Å². The fraction of sp³-hybridized carbons (Fsp3) is 0.250. The van der Waals surface area contributed by atoms with Gasteiger partial charge in [-0.15, -0.1) is 0 Å². The second-order valence-electron chi connectivity index (χ2n) is 6.22. The van der Waals surface area contributed by atoms with Crippen molar-refractivity contribution in [2.75, 3.05) is 7.11 Å². The van der Waals surface area contributed by atoms with Crippen LogP contribution in [-0.2, 0) is 0 Å².